The fourth-order valence-electron chi connectivity index (χ4n) is 1.66. The van der Waals surface area contributed by atoms with E-state index in [1.165, 1.54) is 0 Å². The monoisotopic (exact) mass is 283 g/mol. The van der Waals surface area contributed by atoms with E-state index in [0.29, 0.717) is 28.9 Å². The smallest absolute Gasteiger partial charge is 0.254 e. The molecule has 5 heteroatoms. The molecule has 106 valence electrons. The molecule has 0 saturated heterocycles. The van der Waals surface area contributed by atoms with Crippen LogP contribution in [0.4, 0.5) is 5.69 Å². The van der Waals surface area contributed by atoms with Crippen molar-refractivity contribution in [3.05, 3.63) is 28.8 Å². The van der Waals surface area contributed by atoms with Crippen LogP contribution in [0.1, 0.15) is 30.6 Å². The lowest BCUT2D eigenvalue weighted by molar-refractivity contribution is 0.0952. The number of hydrogen-bond acceptors (Lipinski definition) is 3. The lowest BCUT2D eigenvalue weighted by Crippen LogP contribution is -2.31. The van der Waals surface area contributed by atoms with Gasteiger partial charge in [-0.25, -0.2) is 0 Å². The van der Waals surface area contributed by atoms with Crippen molar-refractivity contribution in [3.63, 3.8) is 0 Å². The Bertz CT molecular complexity index is 414. The van der Waals surface area contributed by atoms with Gasteiger partial charge in [-0.3, -0.25) is 4.79 Å². The van der Waals surface area contributed by atoms with Crippen LogP contribution in [0.2, 0.25) is 5.02 Å². The van der Waals surface area contributed by atoms with Gasteiger partial charge >= 0.3 is 0 Å². The molecule has 0 aromatic heterocycles. The van der Waals surface area contributed by atoms with Gasteiger partial charge in [0.2, 0.25) is 0 Å². The largest absolute Gasteiger partial charge is 0.398 e. The summed E-state index contributed by atoms with van der Waals surface area (Å²) < 4.78 is 0. The SMILES string of the molecule is CC(C)N(C)CCCNC(=O)c1c(N)cccc1Cl. The van der Waals surface area contributed by atoms with E-state index in [-0.39, 0.29) is 5.91 Å². The summed E-state index contributed by atoms with van der Waals surface area (Å²) in [7, 11) is 2.07. The minimum Gasteiger partial charge on any atom is -0.398 e. The third-order valence-electron chi connectivity index (χ3n) is 3.13. The molecule has 0 bridgehead atoms. The van der Waals surface area contributed by atoms with E-state index in [1.54, 1.807) is 18.2 Å². The quantitative estimate of drug-likeness (QED) is 0.622. The number of nitrogens with one attached hydrogen (secondary N) is 1. The standard InChI is InChI=1S/C14H22ClN3O/c1-10(2)18(3)9-5-8-17-14(19)13-11(15)6-4-7-12(13)16/h4,6-7,10H,5,8-9,16H2,1-3H3,(H,17,19). The summed E-state index contributed by atoms with van der Waals surface area (Å²) >= 11 is 5.98. The van der Waals surface area contributed by atoms with Crippen LogP contribution in [0.3, 0.4) is 0 Å². The molecule has 1 aromatic rings. The maximum Gasteiger partial charge on any atom is 0.254 e. The molecule has 0 atom stereocenters. The Kier molecular flexibility index (Phi) is 6.12. The second kappa shape index (κ2) is 7.36. The van der Waals surface area contributed by atoms with Gasteiger partial charge in [-0.2, -0.15) is 0 Å². The number of nitrogen functional groups attached to an aromatic ring is 1. The molecular formula is C14H22ClN3O. The fraction of sp³-hybridized carbons (Fsp3) is 0.500. The Morgan fingerprint density at radius 1 is 1.47 bits per heavy atom. The highest BCUT2D eigenvalue weighted by Gasteiger charge is 2.13. The van der Waals surface area contributed by atoms with Crippen molar-refractivity contribution in [1.82, 2.24) is 10.2 Å². The molecule has 19 heavy (non-hydrogen) atoms. The number of halogens is 1. The summed E-state index contributed by atoms with van der Waals surface area (Å²) in [6.45, 7) is 5.84. The van der Waals surface area contributed by atoms with E-state index >= 15 is 0 Å². The van der Waals surface area contributed by atoms with Gasteiger partial charge in [0.05, 0.1) is 10.6 Å². The minimum atomic E-state index is -0.213. The predicted molar refractivity (Wildman–Crippen MR) is 80.6 cm³/mol. The highest BCUT2D eigenvalue weighted by atomic mass is 35.5. The lowest BCUT2D eigenvalue weighted by atomic mass is 10.1. The third-order valence-corrected chi connectivity index (χ3v) is 3.44. The Balaban J connectivity index is 2.44. The van der Waals surface area contributed by atoms with Gasteiger partial charge in [-0.05, 0) is 46.0 Å². The molecule has 0 saturated carbocycles. The number of carbonyl (C=O) groups is 1. The summed E-state index contributed by atoms with van der Waals surface area (Å²) in [4.78, 5) is 14.2. The van der Waals surface area contributed by atoms with Crippen molar-refractivity contribution in [3.8, 4) is 0 Å². The van der Waals surface area contributed by atoms with E-state index in [1.807, 2.05) is 0 Å². The maximum atomic E-state index is 12.0. The number of amides is 1. The summed E-state index contributed by atoms with van der Waals surface area (Å²) in [5, 5.41) is 3.23. The van der Waals surface area contributed by atoms with Crippen molar-refractivity contribution < 1.29 is 4.79 Å². The summed E-state index contributed by atoms with van der Waals surface area (Å²) in [6.07, 6.45) is 0.894. The first-order valence-electron chi connectivity index (χ1n) is 6.46. The summed E-state index contributed by atoms with van der Waals surface area (Å²) in [5.41, 5.74) is 6.53. The normalized spacial score (nSPS) is 11.1. The second-order valence-electron chi connectivity index (χ2n) is 4.89. The Morgan fingerprint density at radius 2 is 2.16 bits per heavy atom. The molecule has 0 radical (unpaired) electrons. The number of hydrogen-bond donors (Lipinski definition) is 2. The molecule has 0 unspecified atom stereocenters. The number of anilines is 1. The van der Waals surface area contributed by atoms with Crippen LogP contribution in [0, 0.1) is 0 Å². The number of nitrogens with zero attached hydrogens (tertiary/aromatic N) is 1. The molecule has 1 amide bonds. The van der Waals surface area contributed by atoms with E-state index < -0.39 is 0 Å². The zero-order valence-corrected chi connectivity index (χ0v) is 12.5. The van der Waals surface area contributed by atoms with Crippen LogP contribution in [-0.2, 0) is 0 Å². The van der Waals surface area contributed by atoms with Gasteiger partial charge in [0, 0.05) is 18.3 Å². The van der Waals surface area contributed by atoms with Gasteiger partial charge in [0.25, 0.3) is 5.91 Å². The predicted octanol–water partition coefficient (Wildman–Crippen LogP) is 2.38. The molecule has 0 aliphatic carbocycles. The first-order chi connectivity index (χ1) is 8.93. The molecule has 0 aliphatic rings. The zero-order valence-electron chi connectivity index (χ0n) is 11.7. The average molecular weight is 284 g/mol. The van der Waals surface area contributed by atoms with E-state index in [9.17, 15) is 4.79 Å². The zero-order chi connectivity index (χ0) is 14.4. The van der Waals surface area contributed by atoms with Gasteiger partial charge in [-0.1, -0.05) is 17.7 Å². The fourth-order valence-corrected chi connectivity index (χ4v) is 1.93. The summed E-state index contributed by atoms with van der Waals surface area (Å²) in [6, 6.07) is 5.58. The number of benzene rings is 1. The van der Waals surface area contributed by atoms with Gasteiger partial charge in [0.1, 0.15) is 0 Å². The Hall–Kier alpha value is -1.26. The van der Waals surface area contributed by atoms with Crippen LogP contribution in [0.25, 0.3) is 0 Å². The van der Waals surface area contributed by atoms with E-state index in [2.05, 4.69) is 31.1 Å². The highest BCUT2D eigenvalue weighted by Crippen LogP contribution is 2.21. The summed E-state index contributed by atoms with van der Waals surface area (Å²) in [5.74, 6) is -0.213. The molecule has 4 nitrogen and oxygen atoms in total. The van der Waals surface area contributed by atoms with Crippen LogP contribution >= 0.6 is 11.6 Å². The minimum absolute atomic E-state index is 0.213. The third kappa shape index (κ3) is 4.73. The molecule has 3 N–H and O–H groups in total. The molecule has 0 spiro atoms. The van der Waals surface area contributed by atoms with Crippen molar-refractivity contribution in [2.45, 2.75) is 26.3 Å². The molecular weight excluding hydrogens is 262 g/mol. The topological polar surface area (TPSA) is 58.4 Å². The maximum absolute atomic E-state index is 12.0. The van der Waals surface area contributed by atoms with Crippen LogP contribution < -0.4 is 11.1 Å². The molecule has 1 rings (SSSR count). The average Bonchev–Trinajstić information content (AvgIpc) is 2.34. The van der Waals surface area contributed by atoms with Gasteiger partial charge in [0.15, 0.2) is 0 Å². The molecule has 0 fully saturated rings. The second-order valence-corrected chi connectivity index (χ2v) is 5.30. The first-order valence-corrected chi connectivity index (χ1v) is 6.83. The van der Waals surface area contributed by atoms with Crippen molar-refractivity contribution in [2.24, 2.45) is 0 Å². The van der Waals surface area contributed by atoms with Gasteiger partial charge in [-0.15, -0.1) is 0 Å². The highest BCUT2D eigenvalue weighted by molar-refractivity contribution is 6.34. The Labute approximate surface area is 119 Å². The van der Waals surface area contributed by atoms with Crippen LogP contribution in [0.5, 0.6) is 0 Å². The van der Waals surface area contributed by atoms with Crippen LogP contribution in [-0.4, -0.2) is 37.0 Å². The van der Waals surface area contributed by atoms with E-state index in [0.717, 1.165) is 13.0 Å². The Morgan fingerprint density at radius 3 is 2.74 bits per heavy atom. The molecule has 1 aromatic carbocycles. The molecule has 0 aliphatic heterocycles. The van der Waals surface area contributed by atoms with Crippen molar-refractivity contribution in [2.75, 3.05) is 25.9 Å². The van der Waals surface area contributed by atoms with Crippen molar-refractivity contribution >= 4 is 23.2 Å². The van der Waals surface area contributed by atoms with Gasteiger partial charge < -0.3 is 16.0 Å². The molecule has 0 heterocycles. The first kappa shape index (κ1) is 15.8. The number of rotatable bonds is 6. The van der Waals surface area contributed by atoms with Crippen LogP contribution in [0.15, 0.2) is 18.2 Å². The van der Waals surface area contributed by atoms with Crippen molar-refractivity contribution in [1.29, 1.82) is 0 Å². The number of carbonyl (C=O) groups excluding carboxylic acids is 1. The number of nitrogens with two attached hydrogens (primary N) is 1. The van der Waals surface area contributed by atoms with E-state index in [4.69, 9.17) is 17.3 Å². The lowest BCUT2D eigenvalue weighted by Gasteiger charge is -2.20.